The molecular formula is C25H27N3O5. The molecule has 8 nitrogen and oxygen atoms in total. The van der Waals surface area contributed by atoms with Gasteiger partial charge in [0.15, 0.2) is 0 Å². The van der Waals surface area contributed by atoms with Crippen molar-refractivity contribution in [3.05, 3.63) is 59.2 Å². The van der Waals surface area contributed by atoms with Crippen LogP contribution in [-0.2, 0) is 27.3 Å². The van der Waals surface area contributed by atoms with E-state index in [-0.39, 0.29) is 48.4 Å². The SMILES string of the molecule is COc1ccc(C2CC2C(=O)N2Cc3ccc(O)cc3CC2C(=O)N2CC(C(N)=O)C2)cc1. The molecule has 0 radical (unpaired) electrons. The second kappa shape index (κ2) is 8.10. The smallest absolute Gasteiger partial charge is 0.245 e. The minimum absolute atomic E-state index is 0.0279. The highest BCUT2D eigenvalue weighted by molar-refractivity contribution is 5.92. The Morgan fingerprint density at radius 3 is 2.42 bits per heavy atom. The Bertz CT molecular complexity index is 1110. The molecule has 1 saturated heterocycles. The molecule has 2 aliphatic heterocycles. The molecule has 2 aromatic carbocycles. The number of fused-ring (bicyclic) bond motifs is 1. The van der Waals surface area contributed by atoms with Gasteiger partial charge in [0.25, 0.3) is 0 Å². The average molecular weight is 450 g/mol. The lowest BCUT2D eigenvalue weighted by Crippen LogP contribution is -2.61. The van der Waals surface area contributed by atoms with Crippen LogP contribution in [0.15, 0.2) is 42.5 Å². The first-order chi connectivity index (χ1) is 15.9. The normalized spacial score (nSPS) is 24.0. The molecule has 3 N–H and O–H groups in total. The first-order valence-corrected chi connectivity index (χ1v) is 11.2. The Labute approximate surface area is 191 Å². The third-order valence-corrected chi connectivity index (χ3v) is 7.14. The van der Waals surface area contributed by atoms with E-state index in [1.54, 1.807) is 29.0 Å². The molecule has 3 amide bonds. The molecule has 8 heteroatoms. The maximum Gasteiger partial charge on any atom is 0.245 e. The van der Waals surface area contributed by atoms with Crippen LogP contribution in [0.2, 0.25) is 0 Å². The van der Waals surface area contributed by atoms with Crippen LogP contribution in [0.25, 0.3) is 0 Å². The van der Waals surface area contributed by atoms with Crippen molar-refractivity contribution in [3.63, 3.8) is 0 Å². The van der Waals surface area contributed by atoms with Crippen LogP contribution in [0.3, 0.4) is 0 Å². The number of carbonyl (C=O) groups is 3. The van der Waals surface area contributed by atoms with Gasteiger partial charge in [0.2, 0.25) is 17.7 Å². The molecule has 3 atom stereocenters. The Kier molecular flexibility index (Phi) is 5.23. The van der Waals surface area contributed by atoms with Crippen molar-refractivity contribution in [2.24, 2.45) is 17.6 Å². The third-order valence-electron chi connectivity index (χ3n) is 7.14. The molecule has 2 aromatic rings. The van der Waals surface area contributed by atoms with E-state index in [9.17, 15) is 19.5 Å². The second-order valence-electron chi connectivity index (χ2n) is 9.20. The number of nitrogens with two attached hydrogens (primary N) is 1. The van der Waals surface area contributed by atoms with Gasteiger partial charge in [-0.2, -0.15) is 0 Å². The number of hydrogen-bond acceptors (Lipinski definition) is 5. The van der Waals surface area contributed by atoms with Crippen molar-refractivity contribution in [2.45, 2.75) is 31.3 Å². The van der Waals surface area contributed by atoms with Crippen LogP contribution < -0.4 is 10.5 Å². The lowest BCUT2D eigenvalue weighted by molar-refractivity contribution is -0.153. The van der Waals surface area contributed by atoms with Crippen LogP contribution in [0.4, 0.5) is 0 Å². The molecule has 33 heavy (non-hydrogen) atoms. The van der Waals surface area contributed by atoms with E-state index in [0.29, 0.717) is 13.0 Å². The van der Waals surface area contributed by atoms with Gasteiger partial charge in [-0.25, -0.2) is 0 Å². The summed E-state index contributed by atoms with van der Waals surface area (Å²) in [5.41, 5.74) is 8.25. The van der Waals surface area contributed by atoms with Crippen molar-refractivity contribution >= 4 is 17.7 Å². The van der Waals surface area contributed by atoms with Gasteiger partial charge in [0.05, 0.1) is 13.0 Å². The number of amides is 3. The van der Waals surface area contributed by atoms with E-state index in [4.69, 9.17) is 10.5 Å². The fourth-order valence-corrected chi connectivity index (χ4v) is 4.97. The fourth-order valence-electron chi connectivity index (χ4n) is 4.97. The predicted octanol–water partition coefficient (Wildman–Crippen LogP) is 1.40. The van der Waals surface area contributed by atoms with Gasteiger partial charge in [-0.05, 0) is 53.3 Å². The van der Waals surface area contributed by atoms with Crippen LogP contribution in [0, 0.1) is 11.8 Å². The maximum absolute atomic E-state index is 13.6. The second-order valence-corrected chi connectivity index (χ2v) is 9.20. The van der Waals surface area contributed by atoms with E-state index in [0.717, 1.165) is 28.9 Å². The standard InChI is InChI=1S/C25H27N3O5/c1-33-19-6-3-14(4-7-19)20-10-21(20)24(31)28-13-15-2-5-18(29)8-16(15)9-22(28)25(32)27-11-17(12-27)23(26)30/h2-8,17,20-22,29H,9-13H2,1H3,(H2,26,30). The number of methoxy groups -OCH3 is 1. The summed E-state index contributed by atoms with van der Waals surface area (Å²) in [5, 5.41) is 9.91. The molecule has 3 unspecified atom stereocenters. The average Bonchev–Trinajstić information content (AvgIpc) is 3.57. The largest absolute Gasteiger partial charge is 0.508 e. The van der Waals surface area contributed by atoms with Crippen molar-refractivity contribution in [3.8, 4) is 11.5 Å². The first-order valence-electron chi connectivity index (χ1n) is 11.2. The van der Waals surface area contributed by atoms with Gasteiger partial charge >= 0.3 is 0 Å². The highest BCUT2D eigenvalue weighted by Crippen LogP contribution is 2.49. The Morgan fingerprint density at radius 2 is 1.76 bits per heavy atom. The van der Waals surface area contributed by atoms with Gasteiger partial charge in [0, 0.05) is 32.0 Å². The number of nitrogens with zero attached hydrogens (tertiary/aromatic N) is 2. The molecule has 2 heterocycles. The number of rotatable bonds is 5. The van der Waals surface area contributed by atoms with Crippen molar-refractivity contribution in [2.75, 3.05) is 20.2 Å². The van der Waals surface area contributed by atoms with Crippen molar-refractivity contribution in [1.82, 2.24) is 9.80 Å². The Hall–Kier alpha value is -3.55. The molecule has 0 bridgehead atoms. The van der Waals surface area contributed by atoms with Gasteiger partial charge in [-0.3, -0.25) is 14.4 Å². The van der Waals surface area contributed by atoms with E-state index < -0.39 is 11.9 Å². The number of ether oxygens (including phenoxy) is 1. The Balaban J connectivity index is 1.36. The number of aromatic hydroxyl groups is 1. The summed E-state index contributed by atoms with van der Waals surface area (Å²) in [6.07, 6.45) is 1.09. The summed E-state index contributed by atoms with van der Waals surface area (Å²) in [6, 6.07) is 12.2. The summed E-state index contributed by atoms with van der Waals surface area (Å²) < 4.78 is 5.22. The molecular weight excluding hydrogens is 422 g/mol. The number of carbonyl (C=O) groups excluding carboxylic acids is 3. The lowest BCUT2D eigenvalue weighted by atomic mass is 9.90. The van der Waals surface area contributed by atoms with E-state index >= 15 is 0 Å². The molecule has 5 rings (SSSR count). The highest BCUT2D eigenvalue weighted by atomic mass is 16.5. The number of phenols is 1. The monoisotopic (exact) mass is 449 g/mol. The van der Waals surface area contributed by atoms with Crippen LogP contribution in [-0.4, -0.2) is 58.9 Å². The molecule has 3 aliphatic rings. The predicted molar refractivity (Wildman–Crippen MR) is 119 cm³/mol. The minimum Gasteiger partial charge on any atom is -0.508 e. The zero-order valence-electron chi connectivity index (χ0n) is 18.4. The minimum atomic E-state index is -0.655. The van der Waals surface area contributed by atoms with Crippen LogP contribution in [0.5, 0.6) is 11.5 Å². The quantitative estimate of drug-likeness (QED) is 0.717. The van der Waals surface area contributed by atoms with Gasteiger partial charge in [-0.1, -0.05) is 18.2 Å². The van der Waals surface area contributed by atoms with Crippen molar-refractivity contribution < 1.29 is 24.2 Å². The summed E-state index contributed by atoms with van der Waals surface area (Å²) in [7, 11) is 1.62. The highest BCUT2D eigenvalue weighted by Gasteiger charge is 2.50. The molecule has 1 aliphatic carbocycles. The summed E-state index contributed by atoms with van der Waals surface area (Å²) >= 11 is 0. The number of benzene rings is 2. The number of hydrogen-bond donors (Lipinski definition) is 2. The van der Waals surface area contributed by atoms with E-state index in [2.05, 4.69) is 0 Å². The molecule has 172 valence electrons. The number of likely N-dealkylation sites (tertiary alicyclic amines) is 1. The third kappa shape index (κ3) is 3.90. The summed E-state index contributed by atoms with van der Waals surface area (Å²) in [4.78, 5) is 41.6. The van der Waals surface area contributed by atoms with Crippen molar-refractivity contribution in [1.29, 1.82) is 0 Å². The molecule has 0 aromatic heterocycles. The Morgan fingerprint density at radius 1 is 1.03 bits per heavy atom. The van der Waals surface area contributed by atoms with E-state index in [1.807, 2.05) is 30.3 Å². The zero-order valence-corrected chi connectivity index (χ0v) is 18.4. The van der Waals surface area contributed by atoms with Gasteiger partial charge in [-0.15, -0.1) is 0 Å². The maximum atomic E-state index is 13.6. The lowest BCUT2D eigenvalue weighted by Gasteiger charge is -2.43. The topological polar surface area (TPSA) is 113 Å². The van der Waals surface area contributed by atoms with Gasteiger partial charge in [0.1, 0.15) is 17.5 Å². The van der Waals surface area contributed by atoms with E-state index in [1.165, 1.54) is 0 Å². The molecule has 0 spiro atoms. The number of phenolic OH excluding ortho intramolecular Hbond substituents is 1. The summed E-state index contributed by atoms with van der Waals surface area (Å²) in [6.45, 7) is 0.902. The number of primary amides is 1. The van der Waals surface area contributed by atoms with Gasteiger partial charge < -0.3 is 25.4 Å². The first kappa shape index (κ1) is 21.3. The molecule has 1 saturated carbocycles. The molecule has 2 fully saturated rings. The van der Waals surface area contributed by atoms with Crippen LogP contribution in [0.1, 0.15) is 29.0 Å². The zero-order chi connectivity index (χ0) is 23.3. The summed E-state index contributed by atoms with van der Waals surface area (Å²) in [5.74, 6) is -0.0684. The van der Waals surface area contributed by atoms with Crippen LogP contribution >= 0.6 is 0 Å². The fraction of sp³-hybridized carbons (Fsp3) is 0.400.